The van der Waals surface area contributed by atoms with E-state index >= 15 is 0 Å². The van der Waals surface area contributed by atoms with Crippen LogP contribution in [0.3, 0.4) is 0 Å². The molecule has 1 aromatic heterocycles. The van der Waals surface area contributed by atoms with Crippen LogP contribution in [0.1, 0.15) is 5.56 Å². The maximum Gasteiger partial charge on any atom is 0.186 e. The predicted molar refractivity (Wildman–Crippen MR) is 105 cm³/mol. The number of fused-ring (bicyclic) bond motifs is 1. The number of halogens is 2. The molecule has 0 spiro atoms. The first-order valence-electron chi connectivity index (χ1n) is 7.93. The first kappa shape index (κ1) is 16.0. The van der Waals surface area contributed by atoms with Crippen molar-refractivity contribution in [2.75, 3.05) is 36.0 Å². The van der Waals surface area contributed by atoms with Gasteiger partial charge in [0.25, 0.3) is 0 Å². The van der Waals surface area contributed by atoms with Gasteiger partial charge in [-0.05, 0) is 36.8 Å². The minimum absolute atomic E-state index is 0.609. The summed E-state index contributed by atoms with van der Waals surface area (Å²) in [6.07, 6.45) is 0. The quantitative estimate of drug-likeness (QED) is 0.608. The van der Waals surface area contributed by atoms with E-state index < -0.39 is 0 Å². The normalized spacial score (nSPS) is 15.3. The number of thiazole rings is 1. The number of hydrogen-bond acceptors (Lipinski definition) is 4. The molecule has 0 saturated carbocycles. The lowest BCUT2D eigenvalue weighted by Gasteiger charge is -2.36. The molecule has 24 heavy (non-hydrogen) atoms. The highest BCUT2D eigenvalue weighted by atomic mass is 35.5. The first-order valence-corrected chi connectivity index (χ1v) is 9.50. The standard InChI is InChI=1S/C18H17Cl2N3S/c1-12-5-6-14-16(11-12)24-18(21-14)23-9-7-22(8-10-23)15-4-2-3-13(19)17(15)20/h2-6,11H,7-10H2,1H3. The number of piperazine rings is 1. The van der Waals surface area contributed by atoms with E-state index in [0.717, 1.165) is 42.5 Å². The van der Waals surface area contributed by atoms with Gasteiger partial charge >= 0.3 is 0 Å². The Morgan fingerprint density at radius 3 is 2.54 bits per heavy atom. The average molecular weight is 378 g/mol. The Kier molecular flexibility index (Phi) is 4.29. The van der Waals surface area contributed by atoms with Gasteiger partial charge in [-0.2, -0.15) is 0 Å². The smallest absolute Gasteiger partial charge is 0.186 e. The lowest BCUT2D eigenvalue weighted by molar-refractivity contribution is 0.652. The predicted octanol–water partition coefficient (Wildman–Crippen LogP) is 5.24. The second kappa shape index (κ2) is 6.43. The molecule has 2 aromatic carbocycles. The Balaban J connectivity index is 1.52. The third-order valence-electron chi connectivity index (χ3n) is 4.35. The third-order valence-corrected chi connectivity index (χ3v) is 6.24. The number of aryl methyl sites for hydroxylation is 1. The Bertz CT molecular complexity index is 885. The molecule has 4 rings (SSSR count). The lowest BCUT2D eigenvalue weighted by atomic mass is 10.2. The van der Waals surface area contributed by atoms with E-state index in [4.69, 9.17) is 28.2 Å². The molecule has 0 radical (unpaired) electrons. The maximum absolute atomic E-state index is 6.35. The minimum Gasteiger partial charge on any atom is -0.367 e. The Morgan fingerprint density at radius 2 is 1.75 bits per heavy atom. The van der Waals surface area contributed by atoms with Crippen LogP contribution in [0.2, 0.25) is 10.0 Å². The maximum atomic E-state index is 6.35. The van der Waals surface area contributed by atoms with Gasteiger partial charge in [0.1, 0.15) is 0 Å². The van der Waals surface area contributed by atoms with Crippen molar-refractivity contribution in [2.45, 2.75) is 6.92 Å². The third kappa shape index (κ3) is 2.94. The molecule has 2 heterocycles. The molecule has 1 aliphatic rings. The number of aromatic nitrogens is 1. The van der Waals surface area contributed by atoms with E-state index in [1.165, 1.54) is 10.3 Å². The summed E-state index contributed by atoms with van der Waals surface area (Å²) in [5, 5.41) is 2.36. The molecular weight excluding hydrogens is 361 g/mol. The van der Waals surface area contributed by atoms with E-state index in [2.05, 4.69) is 34.9 Å². The van der Waals surface area contributed by atoms with Crippen molar-refractivity contribution in [3.8, 4) is 0 Å². The molecule has 3 nitrogen and oxygen atoms in total. The molecule has 0 unspecified atom stereocenters. The molecular formula is C18H17Cl2N3S. The molecule has 1 aliphatic heterocycles. The first-order chi connectivity index (χ1) is 11.6. The molecule has 1 fully saturated rings. The van der Waals surface area contributed by atoms with Crippen LogP contribution in [0.15, 0.2) is 36.4 Å². The van der Waals surface area contributed by atoms with Crippen molar-refractivity contribution in [1.29, 1.82) is 0 Å². The van der Waals surface area contributed by atoms with Gasteiger partial charge in [0.2, 0.25) is 0 Å². The molecule has 124 valence electrons. The van der Waals surface area contributed by atoms with Crippen LogP contribution in [0.4, 0.5) is 10.8 Å². The van der Waals surface area contributed by atoms with Crippen molar-refractivity contribution in [3.05, 3.63) is 52.0 Å². The summed E-state index contributed by atoms with van der Waals surface area (Å²) in [6.45, 7) is 5.81. The Morgan fingerprint density at radius 1 is 1.00 bits per heavy atom. The Hall–Kier alpha value is -1.49. The topological polar surface area (TPSA) is 19.4 Å². The highest BCUT2D eigenvalue weighted by Crippen LogP contribution is 2.34. The summed E-state index contributed by atoms with van der Waals surface area (Å²) in [4.78, 5) is 9.44. The fourth-order valence-electron chi connectivity index (χ4n) is 3.03. The Labute approximate surface area is 155 Å². The van der Waals surface area contributed by atoms with Gasteiger partial charge in [-0.15, -0.1) is 0 Å². The average Bonchev–Trinajstić information content (AvgIpc) is 3.00. The van der Waals surface area contributed by atoms with Crippen molar-refractivity contribution >= 4 is 55.6 Å². The molecule has 0 N–H and O–H groups in total. The van der Waals surface area contributed by atoms with Gasteiger partial charge in [0.05, 0.1) is 25.9 Å². The van der Waals surface area contributed by atoms with E-state index in [0.29, 0.717) is 10.0 Å². The SMILES string of the molecule is Cc1ccc2nc(N3CCN(c4cccc(Cl)c4Cl)CC3)sc2c1. The van der Waals surface area contributed by atoms with Gasteiger partial charge in [0.15, 0.2) is 5.13 Å². The minimum atomic E-state index is 0.609. The van der Waals surface area contributed by atoms with Gasteiger partial charge in [0, 0.05) is 26.2 Å². The van der Waals surface area contributed by atoms with Gasteiger partial charge < -0.3 is 9.80 Å². The van der Waals surface area contributed by atoms with Crippen LogP contribution in [-0.2, 0) is 0 Å². The molecule has 0 bridgehead atoms. The summed E-state index contributed by atoms with van der Waals surface area (Å²) in [7, 11) is 0. The number of nitrogens with zero attached hydrogens (tertiary/aromatic N) is 3. The van der Waals surface area contributed by atoms with Crippen LogP contribution in [0, 0.1) is 6.92 Å². The van der Waals surface area contributed by atoms with Crippen LogP contribution < -0.4 is 9.80 Å². The molecule has 6 heteroatoms. The number of benzene rings is 2. The summed E-state index contributed by atoms with van der Waals surface area (Å²) in [5.74, 6) is 0. The molecule has 0 atom stereocenters. The van der Waals surface area contributed by atoms with E-state index in [1.807, 2.05) is 18.2 Å². The zero-order valence-electron chi connectivity index (χ0n) is 13.3. The monoisotopic (exact) mass is 377 g/mol. The fourth-order valence-corrected chi connectivity index (χ4v) is 4.56. The van der Waals surface area contributed by atoms with Crippen molar-refractivity contribution in [2.24, 2.45) is 0 Å². The zero-order valence-corrected chi connectivity index (χ0v) is 15.6. The number of hydrogen-bond donors (Lipinski definition) is 0. The highest BCUT2D eigenvalue weighted by Gasteiger charge is 2.22. The van der Waals surface area contributed by atoms with Crippen LogP contribution >= 0.6 is 34.5 Å². The van der Waals surface area contributed by atoms with Gasteiger partial charge in [-0.25, -0.2) is 4.98 Å². The van der Waals surface area contributed by atoms with Crippen LogP contribution in [0.25, 0.3) is 10.2 Å². The summed E-state index contributed by atoms with van der Waals surface area (Å²) < 4.78 is 1.25. The van der Waals surface area contributed by atoms with Crippen LogP contribution in [-0.4, -0.2) is 31.2 Å². The fraction of sp³-hybridized carbons (Fsp3) is 0.278. The van der Waals surface area contributed by atoms with E-state index in [9.17, 15) is 0 Å². The van der Waals surface area contributed by atoms with Crippen LogP contribution in [0.5, 0.6) is 0 Å². The summed E-state index contributed by atoms with van der Waals surface area (Å²) in [5.41, 5.74) is 3.38. The lowest BCUT2D eigenvalue weighted by Crippen LogP contribution is -2.46. The second-order valence-corrected chi connectivity index (χ2v) is 7.81. The summed E-state index contributed by atoms with van der Waals surface area (Å²) >= 11 is 14.3. The van der Waals surface area contributed by atoms with E-state index in [-0.39, 0.29) is 0 Å². The van der Waals surface area contributed by atoms with Gasteiger partial charge in [-0.3, -0.25) is 0 Å². The largest absolute Gasteiger partial charge is 0.367 e. The highest BCUT2D eigenvalue weighted by molar-refractivity contribution is 7.22. The molecule has 3 aromatic rings. The van der Waals surface area contributed by atoms with Gasteiger partial charge in [-0.1, -0.05) is 46.7 Å². The second-order valence-electron chi connectivity index (χ2n) is 6.01. The zero-order chi connectivity index (χ0) is 16.7. The molecule has 1 saturated heterocycles. The van der Waals surface area contributed by atoms with E-state index in [1.54, 1.807) is 11.3 Å². The van der Waals surface area contributed by atoms with Crippen molar-refractivity contribution in [1.82, 2.24) is 4.98 Å². The molecule has 0 aliphatic carbocycles. The number of rotatable bonds is 2. The molecule has 0 amide bonds. The summed E-state index contributed by atoms with van der Waals surface area (Å²) in [6, 6.07) is 12.2. The van der Waals surface area contributed by atoms with Crippen molar-refractivity contribution in [3.63, 3.8) is 0 Å². The number of anilines is 2. The van der Waals surface area contributed by atoms with Crippen molar-refractivity contribution < 1.29 is 0 Å².